The largest absolute Gasteiger partial charge is 0.491 e. The van der Waals surface area contributed by atoms with E-state index in [2.05, 4.69) is 33.0 Å². The van der Waals surface area contributed by atoms with Crippen LogP contribution >= 0.6 is 0 Å². The van der Waals surface area contributed by atoms with E-state index in [-0.39, 0.29) is 18.1 Å². The highest BCUT2D eigenvalue weighted by Crippen LogP contribution is 2.30. The van der Waals surface area contributed by atoms with Crippen LogP contribution in [0.5, 0.6) is 5.75 Å². The van der Waals surface area contributed by atoms with E-state index in [1.807, 2.05) is 18.2 Å². The zero-order chi connectivity index (χ0) is 15.2. The molecule has 1 rings (SSSR count). The van der Waals surface area contributed by atoms with Crippen LogP contribution < -0.4 is 15.8 Å². The van der Waals surface area contributed by atoms with Gasteiger partial charge in [0.15, 0.2) is 0 Å². The van der Waals surface area contributed by atoms with Crippen LogP contribution in [-0.4, -0.2) is 24.4 Å². The molecule has 20 heavy (non-hydrogen) atoms. The molecule has 0 fully saturated rings. The lowest BCUT2D eigenvalue weighted by Gasteiger charge is -2.32. The van der Waals surface area contributed by atoms with Crippen molar-refractivity contribution in [2.24, 2.45) is 5.41 Å². The molecule has 0 saturated heterocycles. The number of hydrogen-bond acceptors (Lipinski definition) is 4. The third-order valence-corrected chi connectivity index (χ3v) is 3.28. The van der Waals surface area contributed by atoms with Gasteiger partial charge in [-0.3, -0.25) is 0 Å². The Labute approximate surface area is 122 Å². The molecule has 1 aromatic carbocycles. The summed E-state index contributed by atoms with van der Waals surface area (Å²) < 4.78 is 5.64. The Hall–Kier alpha value is -1.42. The fourth-order valence-electron chi connectivity index (χ4n) is 2.01. The molecule has 1 unspecified atom stereocenters. The molecule has 1 atom stereocenters. The lowest BCUT2D eigenvalue weighted by molar-refractivity contribution is 0.235. The number of aliphatic hydroxyl groups excluding tert-OH is 1. The molecule has 0 radical (unpaired) electrons. The molecular formula is C16H28N2O2. The molecule has 1 aromatic rings. The molecule has 0 spiro atoms. The van der Waals surface area contributed by atoms with E-state index >= 15 is 0 Å². The summed E-state index contributed by atoms with van der Waals surface area (Å²) in [5.41, 5.74) is 7.60. The summed E-state index contributed by atoms with van der Waals surface area (Å²) in [5.74, 6) is 0.716. The van der Waals surface area contributed by atoms with Crippen molar-refractivity contribution < 1.29 is 9.84 Å². The Balaban J connectivity index is 2.85. The second kappa shape index (κ2) is 7.39. The van der Waals surface area contributed by atoms with Gasteiger partial charge in [0.25, 0.3) is 0 Å². The average molecular weight is 280 g/mol. The number of nitrogens with two attached hydrogens (primary N) is 1. The van der Waals surface area contributed by atoms with Gasteiger partial charge in [-0.15, -0.1) is 0 Å². The van der Waals surface area contributed by atoms with Crippen LogP contribution in [0.3, 0.4) is 0 Å². The standard InChI is InChI=1S/C16H28N2O2/c1-5-10-20-14-11-12(6-7-13(14)17)18-15(8-9-19)16(2,3)4/h6-7,11,15,18-19H,5,8-10,17H2,1-4H3. The van der Waals surface area contributed by atoms with E-state index in [0.717, 1.165) is 12.1 Å². The van der Waals surface area contributed by atoms with Gasteiger partial charge in [-0.1, -0.05) is 27.7 Å². The van der Waals surface area contributed by atoms with Crippen molar-refractivity contribution in [3.05, 3.63) is 18.2 Å². The topological polar surface area (TPSA) is 67.5 Å². The van der Waals surface area contributed by atoms with Gasteiger partial charge in [0.2, 0.25) is 0 Å². The minimum atomic E-state index is 0.0640. The third-order valence-electron chi connectivity index (χ3n) is 3.28. The van der Waals surface area contributed by atoms with Crippen molar-refractivity contribution in [3.63, 3.8) is 0 Å². The zero-order valence-electron chi connectivity index (χ0n) is 13.1. The second-order valence-electron chi connectivity index (χ2n) is 6.18. The molecule has 0 aliphatic carbocycles. The second-order valence-corrected chi connectivity index (χ2v) is 6.18. The Kier molecular flexibility index (Phi) is 6.14. The first kappa shape index (κ1) is 16.6. The molecule has 0 amide bonds. The maximum Gasteiger partial charge on any atom is 0.144 e. The minimum Gasteiger partial charge on any atom is -0.491 e. The summed E-state index contributed by atoms with van der Waals surface area (Å²) >= 11 is 0. The van der Waals surface area contributed by atoms with Gasteiger partial charge in [0.05, 0.1) is 12.3 Å². The van der Waals surface area contributed by atoms with E-state index in [9.17, 15) is 5.11 Å². The van der Waals surface area contributed by atoms with Crippen LogP contribution in [-0.2, 0) is 0 Å². The quantitative estimate of drug-likeness (QED) is 0.671. The fourth-order valence-corrected chi connectivity index (χ4v) is 2.01. The van der Waals surface area contributed by atoms with Gasteiger partial charge < -0.3 is 20.9 Å². The number of ether oxygens (including phenoxy) is 1. The molecule has 0 aliphatic rings. The van der Waals surface area contributed by atoms with Crippen LogP contribution in [0.25, 0.3) is 0 Å². The first-order chi connectivity index (χ1) is 9.38. The monoisotopic (exact) mass is 280 g/mol. The van der Waals surface area contributed by atoms with Crippen molar-refractivity contribution in [2.45, 2.75) is 46.6 Å². The predicted molar refractivity (Wildman–Crippen MR) is 85.2 cm³/mol. The fraction of sp³-hybridized carbons (Fsp3) is 0.625. The zero-order valence-corrected chi connectivity index (χ0v) is 13.1. The molecule has 4 heteroatoms. The Morgan fingerprint density at radius 3 is 2.60 bits per heavy atom. The maximum absolute atomic E-state index is 9.21. The molecule has 4 N–H and O–H groups in total. The SMILES string of the molecule is CCCOc1cc(NC(CCO)C(C)(C)C)ccc1N. The first-order valence-corrected chi connectivity index (χ1v) is 7.28. The smallest absolute Gasteiger partial charge is 0.144 e. The van der Waals surface area contributed by atoms with Gasteiger partial charge >= 0.3 is 0 Å². The molecule has 0 saturated carbocycles. The molecule has 0 bridgehead atoms. The highest BCUT2D eigenvalue weighted by atomic mass is 16.5. The summed E-state index contributed by atoms with van der Waals surface area (Å²) in [4.78, 5) is 0. The van der Waals surface area contributed by atoms with E-state index in [1.165, 1.54) is 0 Å². The van der Waals surface area contributed by atoms with Crippen LogP contribution in [0, 0.1) is 5.41 Å². The lowest BCUT2D eigenvalue weighted by Crippen LogP contribution is -2.34. The van der Waals surface area contributed by atoms with E-state index in [4.69, 9.17) is 10.5 Å². The number of aliphatic hydroxyl groups is 1. The number of nitrogens with one attached hydrogen (secondary N) is 1. The summed E-state index contributed by atoms with van der Waals surface area (Å²) in [7, 11) is 0. The summed E-state index contributed by atoms with van der Waals surface area (Å²) in [5, 5.41) is 12.7. The Morgan fingerprint density at radius 2 is 2.05 bits per heavy atom. The molecular weight excluding hydrogens is 252 g/mol. The normalized spacial score (nSPS) is 13.1. The van der Waals surface area contributed by atoms with E-state index in [0.29, 0.717) is 24.5 Å². The summed E-state index contributed by atoms with van der Waals surface area (Å²) in [6.45, 7) is 9.37. The van der Waals surface area contributed by atoms with Crippen LogP contribution in [0.2, 0.25) is 0 Å². The first-order valence-electron chi connectivity index (χ1n) is 7.28. The van der Waals surface area contributed by atoms with E-state index < -0.39 is 0 Å². The Bertz CT molecular complexity index is 413. The van der Waals surface area contributed by atoms with Crippen LogP contribution in [0.1, 0.15) is 40.5 Å². The third kappa shape index (κ3) is 4.93. The van der Waals surface area contributed by atoms with Crippen LogP contribution in [0.4, 0.5) is 11.4 Å². The molecule has 0 heterocycles. The van der Waals surface area contributed by atoms with Crippen LogP contribution in [0.15, 0.2) is 18.2 Å². The number of rotatable bonds is 7. The molecule has 0 aromatic heterocycles. The molecule has 0 aliphatic heterocycles. The number of anilines is 2. The molecule has 4 nitrogen and oxygen atoms in total. The summed E-state index contributed by atoms with van der Waals surface area (Å²) in [6, 6.07) is 5.92. The highest BCUT2D eigenvalue weighted by molar-refractivity contribution is 5.61. The Morgan fingerprint density at radius 1 is 1.35 bits per heavy atom. The average Bonchev–Trinajstić information content (AvgIpc) is 2.37. The van der Waals surface area contributed by atoms with Gasteiger partial charge in [-0.05, 0) is 30.4 Å². The van der Waals surface area contributed by atoms with Gasteiger partial charge in [-0.2, -0.15) is 0 Å². The van der Waals surface area contributed by atoms with Crippen molar-refractivity contribution in [1.29, 1.82) is 0 Å². The van der Waals surface area contributed by atoms with Crippen molar-refractivity contribution in [3.8, 4) is 5.75 Å². The maximum atomic E-state index is 9.21. The highest BCUT2D eigenvalue weighted by Gasteiger charge is 2.24. The summed E-state index contributed by atoms with van der Waals surface area (Å²) in [6.07, 6.45) is 1.66. The van der Waals surface area contributed by atoms with Gasteiger partial charge in [0.1, 0.15) is 5.75 Å². The number of nitrogen functional groups attached to an aromatic ring is 1. The molecule has 114 valence electrons. The van der Waals surface area contributed by atoms with Gasteiger partial charge in [0, 0.05) is 24.4 Å². The van der Waals surface area contributed by atoms with Crippen molar-refractivity contribution in [2.75, 3.05) is 24.3 Å². The van der Waals surface area contributed by atoms with E-state index in [1.54, 1.807) is 0 Å². The van der Waals surface area contributed by atoms with Gasteiger partial charge in [-0.25, -0.2) is 0 Å². The lowest BCUT2D eigenvalue weighted by atomic mass is 9.85. The number of benzene rings is 1. The number of hydrogen-bond donors (Lipinski definition) is 3. The van der Waals surface area contributed by atoms with Crippen molar-refractivity contribution in [1.82, 2.24) is 0 Å². The minimum absolute atomic E-state index is 0.0640. The van der Waals surface area contributed by atoms with Crippen molar-refractivity contribution >= 4 is 11.4 Å². The predicted octanol–water partition coefficient (Wildman–Crippen LogP) is 3.27.